The lowest BCUT2D eigenvalue weighted by Gasteiger charge is -2.34. The van der Waals surface area contributed by atoms with E-state index >= 15 is 0 Å². The molecule has 1 unspecified atom stereocenters. The molecule has 1 rings (SSSR count). The summed E-state index contributed by atoms with van der Waals surface area (Å²) in [5.74, 6) is -2.86. The van der Waals surface area contributed by atoms with Crippen molar-refractivity contribution in [2.45, 2.75) is 19.6 Å². The molecule has 1 atom stereocenters. The summed E-state index contributed by atoms with van der Waals surface area (Å²) < 4.78 is 13.1. The third kappa shape index (κ3) is 2.47. The number of carbonyl (C=O) groups excluding carboxylic acids is 2. The zero-order valence-electron chi connectivity index (χ0n) is 8.85. The Kier molecular flexibility index (Phi) is 3.81. The maximum absolute atomic E-state index is 13.1. The lowest BCUT2D eigenvalue weighted by molar-refractivity contribution is -0.165. The number of piperazine rings is 1. The highest BCUT2D eigenvalue weighted by Gasteiger charge is 2.37. The molecule has 0 radical (unpaired) electrons. The van der Waals surface area contributed by atoms with Gasteiger partial charge in [0.25, 0.3) is 6.30 Å². The second-order valence-electron chi connectivity index (χ2n) is 3.51. The fourth-order valence-electron chi connectivity index (χ4n) is 1.49. The Bertz CT molecular complexity index is 321. The van der Waals surface area contributed by atoms with Crippen LogP contribution in [-0.4, -0.2) is 58.6 Å². The van der Waals surface area contributed by atoms with Crippen LogP contribution < -0.4 is 0 Å². The van der Waals surface area contributed by atoms with Crippen LogP contribution in [0.25, 0.3) is 0 Å². The summed E-state index contributed by atoms with van der Waals surface area (Å²) in [4.78, 5) is 34.9. The zero-order chi connectivity index (χ0) is 12.3. The SMILES string of the molecule is CCCN1CC(=O)N(C(F)C(=O)O)CC1=O. The molecule has 7 heteroatoms. The standard InChI is InChI=1S/C9H13FN2O4/c1-2-3-11-4-7(14)12(5-6(11)13)8(10)9(15)16/h8H,2-5H2,1H3,(H,15,16). The summed E-state index contributed by atoms with van der Waals surface area (Å²) in [6.07, 6.45) is -1.75. The van der Waals surface area contributed by atoms with Crippen molar-refractivity contribution in [1.82, 2.24) is 9.80 Å². The Hall–Kier alpha value is -1.66. The van der Waals surface area contributed by atoms with Crippen molar-refractivity contribution in [2.24, 2.45) is 0 Å². The summed E-state index contributed by atoms with van der Waals surface area (Å²) in [5.41, 5.74) is 0. The minimum Gasteiger partial charge on any atom is -0.478 e. The molecule has 1 aliphatic rings. The predicted molar refractivity (Wildman–Crippen MR) is 51.1 cm³/mol. The molecule has 16 heavy (non-hydrogen) atoms. The number of halogens is 1. The summed E-state index contributed by atoms with van der Waals surface area (Å²) in [7, 11) is 0. The van der Waals surface area contributed by atoms with E-state index in [1.165, 1.54) is 4.90 Å². The number of alkyl halides is 1. The van der Waals surface area contributed by atoms with E-state index in [1.54, 1.807) is 0 Å². The van der Waals surface area contributed by atoms with Gasteiger partial charge >= 0.3 is 5.97 Å². The van der Waals surface area contributed by atoms with Gasteiger partial charge in [-0.25, -0.2) is 9.18 Å². The molecule has 0 saturated carbocycles. The third-order valence-electron chi connectivity index (χ3n) is 2.28. The van der Waals surface area contributed by atoms with Gasteiger partial charge in [-0.1, -0.05) is 6.92 Å². The molecule has 1 saturated heterocycles. The van der Waals surface area contributed by atoms with Gasteiger partial charge in [0, 0.05) is 6.54 Å². The van der Waals surface area contributed by atoms with E-state index in [9.17, 15) is 18.8 Å². The van der Waals surface area contributed by atoms with Crippen LogP contribution in [0.15, 0.2) is 0 Å². The molecule has 0 aromatic rings. The molecule has 1 aliphatic heterocycles. The minimum absolute atomic E-state index is 0.250. The molecular weight excluding hydrogens is 219 g/mol. The van der Waals surface area contributed by atoms with Crippen LogP contribution in [0.2, 0.25) is 0 Å². The summed E-state index contributed by atoms with van der Waals surface area (Å²) in [6.45, 7) is 1.51. The van der Waals surface area contributed by atoms with E-state index < -0.39 is 30.6 Å². The van der Waals surface area contributed by atoms with Gasteiger partial charge in [0.2, 0.25) is 11.8 Å². The first-order valence-corrected chi connectivity index (χ1v) is 4.91. The quantitative estimate of drug-likeness (QED) is 0.659. The third-order valence-corrected chi connectivity index (χ3v) is 2.28. The van der Waals surface area contributed by atoms with Gasteiger partial charge in [0.1, 0.15) is 6.54 Å². The largest absolute Gasteiger partial charge is 0.478 e. The second-order valence-corrected chi connectivity index (χ2v) is 3.51. The highest BCUT2D eigenvalue weighted by atomic mass is 19.1. The number of hydrogen-bond acceptors (Lipinski definition) is 3. The number of carboxylic acids is 1. The molecular formula is C9H13FN2O4. The number of amides is 2. The Labute approximate surface area is 91.6 Å². The van der Waals surface area contributed by atoms with Crippen molar-refractivity contribution >= 4 is 17.8 Å². The fourth-order valence-corrected chi connectivity index (χ4v) is 1.49. The minimum atomic E-state index is -2.44. The summed E-state index contributed by atoms with van der Waals surface area (Å²) in [5, 5.41) is 8.41. The number of carboxylic acid groups (broad SMARTS) is 1. The zero-order valence-corrected chi connectivity index (χ0v) is 8.85. The van der Waals surface area contributed by atoms with Crippen LogP contribution in [0, 0.1) is 0 Å². The van der Waals surface area contributed by atoms with E-state index in [0.717, 1.165) is 0 Å². The van der Waals surface area contributed by atoms with E-state index in [1.807, 2.05) is 6.92 Å². The summed E-state index contributed by atoms with van der Waals surface area (Å²) >= 11 is 0. The van der Waals surface area contributed by atoms with Crippen molar-refractivity contribution < 1.29 is 23.9 Å². The second kappa shape index (κ2) is 4.91. The predicted octanol–water partition coefficient (Wildman–Crippen LogP) is -0.553. The van der Waals surface area contributed by atoms with Crippen LogP contribution in [0.1, 0.15) is 13.3 Å². The molecule has 1 fully saturated rings. The fraction of sp³-hybridized carbons (Fsp3) is 0.667. The lowest BCUT2D eigenvalue weighted by Crippen LogP contribution is -2.57. The van der Waals surface area contributed by atoms with Gasteiger partial charge < -0.3 is 10.0 Å². The number of aliphatic carboxylic acids is 1. The highest BCUT2D eigenvalue weighted by molar-refractivity contribution is 5.94. The lowest BCUT2D eigenvalue weighted by atomic mass is 10.2. The van der Waals surface area contributed by atoms with Gasteiger partial charge in [-0.3, -0.25) is 14.5 Å². The molecule has 0 aromatic carbocycles. The number of nitrogens with zero attached hydrogens (tertiary/aromatic N) is 2. The van der Waals surface area contributed by atoms with Crippen molar-refractivity contribution in [3.8, 4) is 0 Å². The van der Waals surface area contributed by atoms with Crippen molar-refractivity contribution in [2.75, 3.05) is 19.6 Å². The number of carbonyl (C=O) groups is 3. The van der Waals surface area contributed by atoms with Gasteiger partial charge in [-0.15, -0.1) is 0 Å². The normalized spacial score (nSPS) is 18.9. The van der Waals surface area contributed by atoms with Crippen molar-refractivity contribution in [3.05, 3.63) is 0 Å². The van der Waals surface area contributed by atoms with Crippen LogP contribution in [-0.2, 0) is 14.4 Å². The molecule has 0 spiro atoms. The maximum Gasteiger partial charge on any atom is 0.359 e. The smallest absolute Gasteiger partial charge is 0.359 e. The van der Waals surface area contributed by atoms with E-state index in [2.05, 4.69) is 0 Å². The van der Waals surface area contributed by atoms with Gasteiger partial charge in [0.15, 0.2) is 0 Å². The van der Waals surface area contributed by atoms with Gasteiger partial charge in [-0.05, 0) is 6.42 Å². The Morgan fingerprint density at radius 2 is 2.06 bits per heavy atom. The number of hydrogen-bond donors (Lipinski definition) is 1. The van der Waals surface area contributed by atoms with Crippen molar-refractivity contribution in [1.29, 1.82) is 0 Å². The molecule has 2 amide bonds. The first-order valence-electron chi connectivity index (χ1n) is 4.91. The van der Waals surface area contributed by atoms with Gasteiger partial charge in [-0.2, -0.15) is 0 Å². The molecule has 0 aromatic heterocycles. The molecule has 90 valence electrons. The van der Waals surface area contributed by atoms with Crippen LogP contribution in [0.3, 0.4) is 0 Å². The molecule has 1 N–H and O–H groups in total. The van der Waals surface area contributed by atoms with Crippen LogP contribution in [0.5, 0.6) is 0 Å². The average Bonchev–Trinajstić information content (AvgIpc) is 2.22. The van der Waals surface area contributed by atoms with Gasteiger partial charge in [0.05, 0.1) is 6.54 Å². The summed E-state index contributed by atoms with van der Waals surface area (Å²) in [6, 6.07) is 0. The molecule has 1 heterocycles. The highest BCUT2D eigenvalue weighted by Crippen LogP contribution is 2.10. The Morgan fingerprint density at radius 1 is 1.44 bits per heavy atom. The van der Waals surface area contributed by atoms with E-state index in [0.29, 0.717) is 17.9 Å². The monoisotopic (exact) mass is 232 g/mol. The Morgan fingerprint density at radius 3 is 2.56 bits per heavy atom. The molecule has 0 aliphatic carbocycles. The molecule has 0 bridgehead atoms. The van der Waals surface area contributed by atoms with Crippen molar-refractivity contribution in [3.63, 3.8) is 0 Å². The number of rotatable bonds is 4. The van der Waals surface area contributed by atoms with E-state index in [4.69, 9.17) is 5.11 Å². The average molecular weight is 232 g/mol. The maximum atomic E-state index is 13.1. The van der Waals surface area contributed by atoms with E-state index in [-0.39, 0.29) is 6.54 Å². The topological polar surface area (TPSA) is 77.9 Å². The molecule has 6 nitrogen and oxygen atoms in total. The van der Waals surface area contributed by atoms with Crippen LogP contribution >= 0.6 is 0 Å². The first kappa shape index (κ1) is 12.4. The first-order chi connectivity index (χ1) is 7.47. The Balaban J connectivity index is 2.70. The van der Waals surface area contributed by atoms with Crippen LogP contribution in [0.4, 0.5) is 4.39 Å².